The number of hydrogen-bond acceptors (Lipinski definition) is 5. The fraction of sp³-hybridized carbons (Fsp3) is 0.440. The normalized spacial score (nSPS) is 18.7. The number of hydrogen-bond donors (Lipinski definition) is 1. The molecule has 2 heterocycles. The number of ether oxygens (including phenoxy) is 3. The van der Waals surface area contributed by atoms with Crippen LogP contribution in [0.4, 0.5) is 4.79 Å². The Balaban J connectivity index is 1.28. The summed E-state index contributed by atoms with van der Waals surface area (Å²) in [7, 11) is 3.33. The summed E-state index contributed by atoms with van der Waals surface area (Å²) in [5.74, 6) is 1.65. The maximum absolute atomic E-state index is 12.5. The lowest BCUT2D eigenvalue weighted by molar-refractivity contribution is 0.123. The minimum absolute atomic E-state index is 0.0156. The molecule has 7 nitrogen and oxygen atoms in total. The Morgan fingerprint density at radius 2 is 1.88 bits per heavy atom. The molecule has 0 bridgehead atoms. The van der Waals surface area contributed by atoms with Crippen LogP contribution in [0.15, 0.2) is 48.5 Å². The highest BCUT2D eigenvalue weighted by molar-refractivity contribution is 7.80. The second-order valence-corrected chi connectivity index (χ2v) is 8.68. The number of nitrogens with zero attached hydrogens (tertiary/aromatic N) is 2. The van der Waals surface area contributed by atoms with E-state index in [1.165, 1.54) is 0 Å². The molecule has 8 heteroatoms. The summed E-state index contributed by atoms with van der Waals surface area (Å²) in [6, 6.07) is 16.1. The lowest BCUT2D eigenvalue weighted by Gasteiger charge is -2.39. The Bertz CT molecular complexity index is 963. The van der Waals surface area contributed by atoms with Crippen LogP contribution in [0.1, 0.15) is 30.0 Å². The summed E-state index contributed by atoms with van der Waals surface area (Å²) in [5.41, 5.74) is 2.20. The first-order valence-corrected chi connectivity index (χ1v) is 11.7. The summed E-state index contributed by atoms with van der Waals surface area (Å²) in [6.45, 7) is 2.74. The van der Waals surface area contributed by atoms with E-state index < -0.39 is 0 Å². The van der Waals surface area contributed by atoms with Gasteiger partial charge in [0.05, 0.1) is 20.3 Å². The molecule has 2 saturated heterocycles. The van der Waals surface area contributed by atoms with E-state index >= 15 is 0 Å². The third-order valence-electron chi connectivity index (χ3n) is 6.40. The number of rotatable bonds is 7. The van der Waals surface area contributed by atoms with Gasteiger partial charge in [-0.1, -0.05) is 30.3 Å². The number of carbonyl (C=O) groups excluding carboxylic acids is 1. The van der Waals surface area contributed by atoms with Gasteiger partial charge in [0, 0.05) is 25.7 Å². The maximum atomic E-state index is 12.5. The minimum atomic E-state index is -0.213. The molecule has 2 aliphatic heterocycles. The number of benzene rings is 2. The van der Waals surface area contributed by atoms with Crippen LogP contribution in [0.5, 0.6) is 11.5 Å². The average molecular weight is 470 g/mol. The van der Waals surface area contributed by atoms with Gasteiger partial charge >= 0.3 is 6.09 Å². The molecule has 176 valence electrons. The van der Waals surface area contributed by atoms with E-state index in [0.717, 1.165) is 60.1 Å². The minimum Gasteiger partial charge on any atom is -0.497 e. The van der Waals surface area contributed by atoms with Crippen molar-refractivity contribution in [2.45, 2.75) is 31.3 Å². The van der Waals surface area contributed by atoms with Crippen molar-refractivity contribution >= 4 is 23.4 Å². The topological polar surface area (TPSA) is 63.3 Å². The quantitative estimate of drug-likeness (QED) is 0.619. The molecule has 1 unspecified atom stereocenters. The Morgan fingerprint density at radius 3 is 2.58 bits per heavy atom. The van der Waals surface area contributed by atoms with Crippen LogP contribution in [0.25, 0.3) is 0 Å². The number of likely N-dealkylation sites (tertiary alicyclic amines) is 1. The first-order valence-electron chi connectivity index (χ1n) is 11.3. The fourth-order valence-corrected chi connectivity index (χ4v) is 4.89. The van der Waals surface area contributed by atoms with Crippen molar-refractivity contribution < 1.29 is 19.0 Å². The molecular formula is C25H31N3O4S. The molecule has 1 amide bonds. The van der Waals surface area contributed by atoms with Gasteiger partial charge in [-0.25, -0.2) is 4.79 Å². The number of amides is 1. The van der Waals surface area contributed by atoms with Gasteiger partial charge in [-0.2, -0.15) is 0 Å². The van der Waals surface area contributed by atoms with E-state index in [2.05, 4.69) is 22.3 Å². The first-order chi connectivity index (χ1) is 16.1. The fourth-order valence-electron chi connectivity index (χ4n) is 4.61. The summed E-state index contributed by atoms with van der Waals surface area (Å²) in [6.07, 6.45) is 2.29. The monoisotopic (exact) mass is 469 g/mol. The molecule has 0 radical (unpaired) electrons. The standard InChI is InChI=1S/C25H31N3O4S/c1-30-21-8-9-23(31-2)19(16-21)10-13-26-24(33)27-14-11-20(12-15-27)28-22(17-32-25(28)29)18-6-4-3-5-7-18/h3-9,16,20,22H,10-15,17H2,1-2H3,(H,26,33). The lowest BCUT2D eigenvalue weighted by atomic mass is 9.99. The van der Waals surface area contributed by atoms with Crippen molar-refractivity contribution in [3.8, 4) is 11.5 Å². The van der Waals surface area contributed by atoms with E-state index in [9.17, 15) is 4.79 Å². The van der Waals surface area contributed by atoms with Gasteiger partial charge in [-0.15, -0.1) is 0 Å². The highest BCUT2D eigenvalue weighted by Gasteiger charge is 2.40. The molecule has 2 aromatic carbocycles. The Hall–Kier alpha value is -3.00. The molecule has 2 aromatic rings. The van der Waals surface area contributed by atoms with Crippen molar-refractivity contribution in [3.05, 3.63) is 59.7 Å². The van der Waals surface area contributed by atoms with Gasteiger partial charge in [0.2, 0.25) is 0 Å². The zero-order valence-electron chi connectivity index (χ0n) is 19.2. The Kier molecular flexibility index (Phi) is 7.54. The van der Waals surface area contributed by atoms with E-state index in [4.69, 9.17) is 26.4 Å². The summed E-state index contributed by atoms with van der Waals surface area (Å²) < 4.78 is 16.2. The Labute approximate surface area is 200 Å². The second-order valence-electron chi connectivity index (χ2n) is 8.29. The van der Waals surface area contributed by atoms with Crippen LogP contribution in [0.3, 0.4) is 0 Å². The van der Waals surface area contributed by atoms with Crippen molar-refractivity contribution in [1.29, 1.82) is 0 Å². The van der Waals surface area contributed by atoms with Crippen LogP contribution in [-0.4, -0.2) is 67.5 Å². The van der Waals surface area contributed by atoms with E-state index in [-0.39, 0.29) is 18.2 Å². The van der Waals surface area contributed by atoms with Gasteiger partial charge in [0.1, 0.15) is 18.1 Å². The molecule has 2 aliphatic rings. The molecule has 33 heavy (non-hydrogen) atoms. The highest BCUT2D eigenvalue weighted by Crippen LogP contribution is 2.33. The molecule has 0 spiro atoms. The smallest absolute Gasteiger partial charge is 0.410 e. The molecule has 0 aliphatic carbocycles. The van der Waals surface area contributed by atoms with Gasteiger partial charge < -0.3 is 24.4 Å². The van der Waals surface area contributed by atoms with Crippen molar-refractivity contribution in [1.82, 2.24) is 15.1 Å². The average Bonchev–Trinajstić information content (AvgIpc) is 3.25. The predicted molar refractivity (Wildman–Crippen MR) is 131 cm³/mol. The number of thiocarbonyl (C=S) groups is 1. The van der Waals surface area contributed by atoms with Gasteiger partial charge in [0.25, 0.3) is 0 Å². The van der Waals surface area contributed by atoms with E-state index in [1.807, 2.05) is 41.3 Å². The third-order valence-corrected chi connectivity index (χ3v) is 6.80. The number of methoxy groups -OCH3 is 2. The molecule has 0 saturated carbocycles. The number of nitrogens with one attached hydrogen (secondary N) is 1. The number of cyclic esters (lactones) is 1. The van der Waals surface area contributed by atoms with Crippen molar-refractivity contribution in [3.63, 3.8) is 0 Å². The summed E-state index contributed by atoms with van der Waals surface area (Å²) >= 11 is 5.65. The van der Waals surface area contributed by atoms with Crippen LogP contribution >= 0.6 is 12.2 Å². The molecular weight excluding hydrogens is 438 g/mol. The van der Waals surface area contributed by atoms with Crippen LogP contribution < -0.4 is 14.8 Å². The number of piperidine rings is 1. The summed E-state index contributed by atoms with van der Waals surface area (Å²) in [4.78, 5) is 16.6. The number of carbonyl (C=O) groups is 1. The second kappa shape index (κ2) is 10.7. The molecule has 0 aromatic heterocycles. The molecule has 1 atom stereocenters. The molecule has 4 rings (SSSR count). The zero-order chi connectivity index (χ0) is 23.2. The molecule has 2 fully saturated rings. The predicted octanol–water partition coefficient (Wildman–Crippen LogP) is 3.78. The third kappa shape index (κ3) is 5.33. The van der Waals surface area contributed by atoms with Crippen LogP contribution in [0, 0.1) is 0 Å². The van der Waals surface area contributed by atoms with Crippen LogP contribution in [0.2, 0.25) is 0 Å². The lowest BCUT2D eigenvalue weighted by Crippen LogP contribution is -2.50. The van der Waals surface area contributed by atoms with Crippen LogP contribution in [-0.2, 0) is 11.2 Å². The molecule has 1 N–H and O–H groups in total. The zero-order valence-corrected chi connectivity index (χ0v) is 20.0. The van der Waals surface area contributed by atoms with Crippen molar-refractivity contribution in [2.75, 3.05) is 40.5 Å². The van der Waals surface area contributed by atoms with E-state index in [1.54, 1.807) is 14.2 Å². The largest absolute Gasteiger partial charge is 0.497 e. The summed E-state index contributed by atoms with van der Waals surface area (Å²) in [5, 5.41) is 4.12. The van der Waals surface area contributed by atoms with E-state index in [0.29, 0.717) is 13.2 Å². The van der Waals surface area contributed by atoms with Gasteiger partial charge in [-0.3, -0.25) is 4.90 Å². The maximum Gasteiger partial charge on any atom is 0.410 e. The van der Waals surface area contributed by atoms with Gasteiger partial charge in [0.15, 0.2) is 5.11 Å². The SMILES string of the molecule is COc1ccc(OC)c(CCNC(=S)N2CCC(N3C(=O)OCC3c3ccccc3)CC2)c1. The first kappa shape index (κ1) is 23.2. The van der Waals surface area contributed by atoms with Crippen molar-refractivity contribution in [2.24, 2.45) is 0 Å². The van der Waals surface area contributed by atoms with Gasteiger partial charge in [-0.05, 0) is 60.8 Å². The Morgan fingerprint density at radius 1 is 1.12 bits per heavy atom. The highest BCUT2D eigenvalue weighted by atomic mass is 32.1.